The van der Waals surface area contributed by atoms with E-state index in [-0.39, 0.29) is 11.8 Å². The highest BCUT2D eigenvalue weighted by Gasteiger charge is 2.59. The van der Waals surface area contributed by atoms with Crippen LogP contribution in [0.1, 0.15) is 29.6 Å². The van der Waals surface area contributed by atoms with Crippen LogP contribution in [0.5, 0.6) is 0 Å². The van der Waals surface area contributed by atoms with Crippen molar-refractivity contribution in [2.75, 3.05) is 26.2 Å². The molecule has 3 N–H and O–H groups in total. The molecule has 5 aliphatic rings. The highest BCUT2D eigenvalue weighted by Crippen LogP contribution is 2.54. The maximum Gasteiger partial charge on any atom is 0.253 e. The zero-order valence-corrected chi connectivity index (χ0v) is 21.0. The Morgan fingerprint density at radius 2 is 1.28 bits per heavy atom. The summed E-state index contributed by atoms with van der Waals surface area (Å²) >= 11 is 6.00. The van der Waals surface area contributed by atoms with Gasteiger partial charge in [-0.15, -0.1) is 0 Å². The lowest BCUT2D eigenvalue weighted by Crippen LogP contribution is -2.45. The monoisotopic (exact) mass is 505 g/mol. The third-order valence-electron chi connectivity index (χ3n) is 9.55. The number of hydrogen-bond donors (Lipinski definition) is 3. The van der Waals surface area contributed by atoms with Gasteiger partial charge in [0.25, 0.3) is 5.91 Å². The van der Waals surface area contributed by atoms with Gasteiger partial charge in [0.2, 0.25) is 5.91 Å². The summed E-state index contributed by atoms with van der Waals surface area (Å²) in [4.78, 5) is 30.8. The van der Waals surface area contributed by atoms with E-state index in [0.717, 1.165) is 67.2 Å². The van der Waals surface area contributed by atoms with E-state index in [1.54, 1.807) is 0 Å². The molecule has 3 saturated heterocycles. The van der Waals surface area contributed by atoms with Crippen LogP contribution in [-0.4, -0.2) is 59.9 Å². The molecule has 7 atom stereocenters. The van der Waals surface area contributed by atoms with Crippen LogP contribution in [0.25, 0.3) is 11.1 Å². The van der Waals surface area contributed by atoms with E-state index in [1.165, 1.54) is 0 Å². The van der Waals surface area contributed by atoms with Crippen LogP contribution in [-0.2, 0) is 4.79 Å². The molecule has 3 aliphatic heterocycles. The molecule has 3 heterocycles. The van der Waals surface area contributed by atoms with Gasteiger partial charge in [-0.05, 0) is 78.3 Å². The van der Waals surface area contributed by atoms with Gasteiger partial charge < -0.3 is 9.80 Å². The van der Waals surface area contributed by atoms with Crippen LogP contribution in [0, 0.1) is 29.6 Å². The minimum absolute atomic E-state index is 0.126. The molecule has 2 aromatic rings. The molecule has 0 spiro atoms. The zero-order chi connectivity index (χ0) is 24.4. The average Bonchev–Trinajstić information content (AvgIpc) is 3.62. The third kappa shape index (κ3) is 3.76. The fourth-order valence-electron chi connectivity index (χ4n) is 7.56. The lowest BCUT2D eigenvalue weighted by molar-refractivity contribution is -0.136. The summed E-state index contributed by atoms with van der Waals surface area (Å²) in [5, 5.41) is 0.718. The summed E-state index contributed by atoms with van der Waals surface area (Å²) < 4.78 is 0. The topological polar surface area (TPSA) is 76.7 Å². The number of benzene rings is 2. The van der Waals surface area contributed by atoms with Crippen molar-refractivity contribution in [1.29, 1.82) is 0 Å². The van der Waals surface area contributed by atoms with Crippen molar-refractivity contribution in [1.82, 2.24) is 26.2 Å². The van der Waals surface area contributed by atoms with Gasteiger partial charge in [-0.2, -0.15) is 5.53 Å². The number of likely N-dealkylation sites (tertiary alicyclic amines) is 2. The lowest BCUT2D eigenvalue weighted by atomic mass is 9.60. The van der Waals surface area contributed by atoms with Gasteiger partial charge in [-0.1, -0.05) is 35.9 Å². The predicted molar refractivity (Wildman–Crippen MR) is 138 cm³/mol. The van der Waals surface area contributed by atoms with Crippen molar-refractivity contribution in [2.24, 2.45) is 29.6 Å². The first kappa shape index (κ1) is 22.7. The van der Waals surface area contributed by atoms with Gasteiger partial charge in [0.05, 0.1) is 0 Å². The van der Waals surface area contributed by atoms with Crippen molar-refractivity contribution >= 4 is 23.4 Å². The maximum atomic E-state index is 13.3. The number of nitrogens with zero attached hydrogens (tertiary/aromatic N) is 2. The van der Waals surface area contributed by atoms with E-state index in [9.17, 15) is 9.59 Å². The summed E-state index contributed by atoms with van der Waals surface area (Å²) in [6.07, 6.45) is 2.90. The highest BCUT2D eigenvalue weighted by molar-refractivity contribution is 6.30. The SMILES string of the molecule is O=C(c1ccc(-c2ccc(Cl)cc2)cc1)N1C[C@@H]2[C@H](C1)[C@H]1CN(C(=O)[C@@H]3CCC4NNNC4C3)C[C@@H]21. The largest absolute Gasteiger partial charge is 0.342 e. The van der Waals surface area contributed by atoms with Crippen LogP contribution >= 0.6 is 11.6 Å². The molecule has 7 nitrogen and oxygen atoms in total. The predicted octanol–water partition coefficient (Wildman–Crippen LogP) is 2.93. The number of halogens is 1. The van der Waals surface area contributed by atoms with Gasteiger partial charge in [0.1, 0.15) is 0 Å². The van der Waals surface area contributed by atoms with Crippen molar-refractivity contribution in [2.45, 2.75) is 31.3 Å². The Labute approximate surface area is 216 Å². The van der Waals surface area contributed by atoms with E-state index in [4.69, 9.17) is 11.6 Å². The smallest absolute Gasteiger partial charge is 0.253 e. The Hall–Kier alpha value is -2.45. The van der Waals surface area contributed by atoms with Gasteiger partial charge >= 0.3 is 0 Å². The van der Waals surface area contributed by atoms with Crippen LogP contribution in [0.3, 0.4) is 0 Å². The second kappa shape index (κ2) is 8.84. The number of rotatable bonds is 3. The fourth-order valence-corrected chi connectivity index (χ4v) is 7.69. The Bertz CT molecular complexity index is 1150. The fraction of sp³-hybridized carbons (Fsp3) is 0.500. The molecule has 2 unspecified atom stereocenters. The normalized spacial score (nSPS) is 34.6. The minimum Gasteiger partial charge on any atom is -0.342 e. The molecular weight excluding hydrogens is 474 g/mol. The number of hydrazine groups is 2. The summed E-state index contributed by atoms with van der Waals surface area (Å²) in [6, 6.07) is 16.4. The van der Waals surface area contributed by atoms with E-state index in [1.807, 2.05) is 53.4 Å². The summed E-state index contributed by atoms with van der Waals surface area (Å²) in [5.41, 5.74) is 12.4. The summed E-state index contributed by atoms with van der Waals surface area (Å²) in [5.74, 6) is 2.77. The standard InChI is InChI=1S/C28H32ClN5O2/c29-20-8-5-17(6-9-20)16-1-3-18(4-2-16)27(35)33-12-21-22(13-33)24-15-34(14-23(21)24)28(36)19-7-10-25-26(11-19)31-32-30-25/h1-6,8-9,19,21-26,30-32H,7,10-15H2/t19-,21-,22+,23+,24-,25?,26?/m1/s1. The molecule has 36 heavy (non-hydrogen) atoms. The summed E-state index contributed by atoms with van der Waals surface area (Å²) in [6.45, 7) is 3.38. The molecule has 8 heteroatoms. The molecule has 0 aromatic heterocycles. The Morgan fingerprint density at radius 1 is 0.722 bits per heavy atom. The quantitative estimate of drug-likeness (QED) is 0.598. The van der Waals surface area contributed by atoms with Gasteiger partial charge in [-0.3, -0.25) is 9.59 Å². The second-order valence-electron chi connectivity index (χ2n) is 11.3. The van der Waals surface area contributed by atoms with Gasteiger partial charge in [0.15, 0.2) is 0 Å². The Morgan fingerprint density at radius 3 is 1.92 bits per heavy atom. The molecular formula is C28H32ClN5O2. The van der Waals surface area contributed by atoms with Gasteiger partial charge in [-0.25, -0.2) is 10.9 Å². The molecule has 0 bridgehead atoms. The number of hydrogen-bond acceptors (Lipinski definition) is 5. The highest BCUT2D eigenvalue weighted by atomic mass is 35.5. The average molecular weight is 506 g/mol. The number of nitrogens with one attached hydrogen (secondary N) is 3. The van der Waals surface area contributed by atoms with Crippen LogP contribution in [0.15, 0.2) is 48.5 Å². The number of fused-ring (bicyclic) bond motifs is 5. The first-order valence-corrected chi connectivity index (χ1v) is 13.6. The molecule has 2 aliphatic carbocycles. The van der Waals surface area contributed by atoms with Crippen LogP contribution in [0.2, 0.25) is 5.02 Å². The van der Waals surface area contributed by atoms with Crippen molar-refractivity contribution in [3.8, 4) is 11.1 Å². The molecule has 2 aromatic carbocycles. The van der Waals surface area contributed by atoms with E-state index in [0.29, 0.717) is 41.7 Å². The Balaban J connectivity index is 0.959. The van der Waals surface area contributed by atoms with E-state index < -0.39 is 0 Å². The van der Waals surface area contributed by atoms with Crippen molar-refractivity contribution in [3.63, 3.8) is 0 Å². The molecule has 2 saturated carbocycles. The van der Waals surface area contributed by atoms with E-state index >= 15 is 0 Å². The van der Waals surface area contributed by atoms with Crippen LogP contribution in [0.4, 0.5) is 0 Å². The summed E-state index contributed by atoms with van der Waals surface area (Å²) in [7, 11) is 0. The first-order valence-electron chi connectivity index (χ1n) is 13.3. The molecule has 5 fully saturated rings. The second-order valence-corrected chi connectivity index (χ2v) is 11.8. The van der Waals surface area contributed by atoms with Gasteiger partial charge in [0, 0.05) is 54.8 Å². The molecule has 0 radical (unpaired) electrons. The number of carbonyl (C=O) groups excluding carboxylic acids is 2. The zero-order valence-electron chi connectivity index (χ0n) is 20.2. The first-order chi connectivity index (χ1) is 17.5. The number of carbonyl (C=O) groups is 2. The van der Waals surface area contributed by atoms with Crippen LogP contribution < -0.4 is 16.4 Å². The minimum atomic E-state index is 0.126. The maximum absolute atomic E-state index is 13.3. The molecule has 2 amide bonds. The Kier molecular flexibility index (Phi) is 5.58. The molecule has 7 rings (SSSR count). The van der Waals surface area contributed by atoms with Crippen molar-refractivity contribution in [3.05, 3.63) is 59.1 Å². The molecule has 188 valence electrons. The third-order valence-corrected chi connectivity index (χ3v) is 9.80. The van der Waals surface area contributed by atoms with E-state index in [2.05, 4.69) is 21.3 Å². The number of amides is 2. The lowest BCUT2D eigenvalue weighted by Gasteiger charge is -2.42. The van der Waals surface area contributed by atoms with Crippen molar-refractivity contribution < 1.29 is 9.59 Å².